The third kappa shape index (κ3) is 4.03. The van der Waals surface area contributed by atoms with Gasteiger partial charge in [-0.05, 0) is 30.5 Å². The lowest BCUT2D eigenvalue weighted by Crippen LogP contribution is -2.00. The van der Waals surface area contributed by atoms with Gasteiger partial charge in [-0.3, -0.25) is 10.1 Å². The Morgan fingerprint density at radius 2 is 1.50 bits per heavy atom. The summed E-state index contributed by atoms with van der Waals surface area (Å²) in [6, 6.07) is 10.8. The van der Waals surface area contributed by atoms with Crippen molar-refractivity contribution in [3.05, 3.63) is 63.9 Å². The Hall–Kier alpha value is -2.59. The van der Waals surface area contributed by atoms with Crippen molar-refractivity contribution >= 4 is 38.8 Å². The molecule has 0 aliphatic carbocycles. The van der Waals surface area contributed by atoms with Crippen molar-refractivity contribution in [2.24, 2.45) is 3.77 Å². The highest BCUT2D eigenvalue weighted by Crippen LogP contribution is 2.20. The number of hydrogen-bond acceptors (Lipinski definition) is 5. The summed E-state index contributed by atoms with van der Waals surface area (Å²) in [4.78, 5) is 10.5. The van der Waals surface area contributed by atoms with Crippen molar-refractivity contribution in [1.29, 1.82) is 0 Å². The molecule has 24 heavy (non-hydrogen) atoms. The van der Waals surface area contributed by atoms with Gasteiger partial charge in [-0.2, -0.15) is 13.2 Å². The van der Waals surface area contributed by atoms with Crippen molar-refractivity contribution in [1.82, 2.24) is 0 Å². The van der Waals surface area contributed by atoms with Crippen LogP contribution < -0.4 is 0 Å². The number of sulfonamides is 1. The van der Waals surface area contributed by atoms with E-state index in [4.69, 9.17) is 0 Å². The molecule has 0 radical (unpaired) electrons. The molecule has 0 aliphatic rings. The van der Waals surface area contributed by atoms with Crippen molar-refractivity contribution in [3.63, 3.8) is 0 Å². The molecule has 0 amide bonds. The Balaban J connectivity index is 2.33. The van der Waals surface area contributed by atoms with E-state index in [-0.39, 0.29) is 10.6 Å². The summed E-state index contributed by atoms with van der Waals surface area (Å²) in [7, 11) is -4.92. The van der Waals surface area contributed by atoms with Crippen LogP contribution in [0.15, 0.2) is 62.1 Å². The van der Waals surface area contributed by atoms with E-state index >= 15 is 0 Å². The highest BCUT2D eigenvalue weighted by molar-refractivity contribution is 7.99. The Bertz CT molecular complexity index is 920. The molecule has 2 aromatic rings. The summed E-state index contributed by atoms with van der Waals surface area (Å²) in [6.07, 6.45) is 1.62. The number of non-ortho nitro benzene ring substituents is 1. The predicted octanol–water partition coefficient (Wildman–Crippen LogP) is 2.62. The molecule has 0 spiro atoms. The molecule has 8 nitrogen and oxygen atoms in total. The average molecular weight is 367 g/mol. The number of nitrogens with zero attached hydrogens (tertiary/aromatic N) is 3. The summed E-state index contributed by atoms with van der Waals surface area (Å²) < 4.78 is 28.8. The van der Waals surface area contributed by atoms with Gasteiger partial charge in [0, 0.05) is 29.2 Å². The minimum atomic E-state index is -3.95. The van der Waals surface area contributed by atoms with Crippen LogP contribution in [0, 0.1) is 15.3 Å². The second kappa shape index (κ2) is 6.89. The molecular formula is C14H13N3O5S2. The topological polar surface area (TPSA) is 116 Å². The van der Waals surface area contributed by atoms with Crippen LogP contribution in [0.5, 0.6) is 0 Å². The smallest absolute Gasteiger partial charge is 0.288 e. The SMILES string of the molecule is C=[N+]([O-])c1ccc(S(C)=NS(=O)(=O)c2ccc([N+](=O)[O-])cc2)cc1. The molecule has 0 saturated carbocycles. The van der Waals surface area contributed by atoms with Gasteiger partial charge in [0.1, 0.15) is 6.72 Å². The van der Waals surface area contributed by atoms with Gasteiger partial charge in [0.25, 0.3) is 15.7 Å². The molecular weight excluding hydrogens is 354 g/mol. The fourth-order valence-corrected chi connectivity index (χ4v) is 4.66. The highest BCUT2D eigenvalue weighted by atomic mass is 32.3. The van der Waals surface area contributed by atoms with E-state index in [0.29, 0.717) is 15.3 Å². The molecule has 1 unspecified atom stereocenters. The van der Waals surface area contributed by atoms with E-state index in [1.807, 2.05) is 0 Å². The lowest BCUT2D eigenvalue weighted by molar-refractivity contribution is -0.384. The van der Waals surface area contributed by atoms with E-state index in [1.165, 1.54) is 12.1 Å². The summed E-state index contributed by atoms with van der Waals surface area (Å²) >= 11 is 0. The fraction of sp³-hybridized carbons (Fsp3) is 0.0714. The van der Waals surface area contributed by atoms with Crippen molar-refractivity contribution in [3.8, 4) is 0 Å². The average Bonchev–Trinajstić information content (AvgIpc) is 2.54. The zero-order chi connectivity index (χ0) is 17.9. The van der Waals surface area contributed by atoms with E-state index in [9.17, 15) is 23.7 Å². The lowest BCUT2D eigenvalue weighted by Gasteiger charge is -2.05. The van der Waals surface area contributed by atoms with Gasteiger partial charge in [-0.25, -0.2) is 0 Å². The number of benzene rings is 2. The quantitative estimate of drug-likeness (QED) is 0.265. The largest absolute Gasteiger partial charge is 0.619 e. The third-order valence-electron chi connectivity index (χ3n) is 3.02. The van der Waals surface area contributed by atoms with Gasteiger partial charge in [-0.15, -0.1) is 3.77 Å². The first kappa shape index (κ1) is 17.8. The van der Waals surface area contributed by atoms with E-state index in [0.717, 1.165) is 24.3 Å². The number of nitro benzene ring substituents is 1. The van der Waals surface area contributed by atoms with Crippen LogP contribution in [0.1, 0.15) is 0 Å². The van der Waals surface area contributed by atoms with E-state index in [2.05, 4.69) is 10.5 Å². The first-order chi connectivity index (χ1) is 11.2. The maximum absolute atomic E-state index is 12.3. The van der Waals surface area contributed by atoms with Gasteiger partial charge >= 0.3 is 0 Å². The second-order valence-electron chi connectivity index (χ2n) is 4.65. The molecule has 1 atom stereocenters. The van der Waals surface area contributed by atoms with Crippen LogP contribution in [-0.2, 0) is 20.7 Å². The Morgan fingerprint density at radius 3 is 1.96 bits per heavy atom. The molecule has 0 aliphatic heterocycles. The molecule has 0 fully saturated rings. The highest BCUT2D eigenvalue weighted by Gasteiger charge is 2.15. The number of nitro groups is 1. The molecule has 0 heterocycles. The lowest BCUT2D eigenvalue weighted by atomic mass is 10.3. The summed E-state index contributed by atoms with van der Waals surface area (Å²) in [5.74, 6) is 0. The van der Waals surface area contributed by atoms with Crippen LogP contribution in [-0.4, -0.2) is 31.1 Å². The monoisotopic (exact) mass is 367 g/mol. The first-order valence-corrected chi connectivity index (χ1v) is 9.50. The normalized spacial score (nSPS) is 12.7. The molecule has 0 bridgehead atoms. The molecule has 0 aromatic heterocycles. The summed E-state index contributed by atoms with van der Waals surface area (Å²) in [5.41, 5.74) is 0.143. The molecule has 2 aromatic carbocycles. The van der Waals surface area contributed by atoms with E-state index < -0.39 is 25.6 Å². The summed E-state index contributed by atoms with van der Waals surface area (Å²) in [5, 5.41) is 21.7. The van der Waals surface area contributed by atoms with Crippen LogP contribution in [0.3, 0.4) is 0 Å². The maximum Gasteiger partial charge on any atom is 0.288 e. The Labute approximate surface area is 141 Å². The zero-order valence-electron chi connectivity index (χ0n) is 12.5. The molecule has 0 saturated heterocycles. The van der Waals surface area contributed by atoms with Crippen molar-refractivity contribution in [2.45, 2.75) is 9.79 Å². The predicted molar refractivity (Wildman–Crippen MR) is 91.1 cm³/mol. The van der Waals surface area contributed by atoms with Crippen LogP contribution in [0.2, 0.25) is 0 Å². The van der Waals surface area contributed by atoms with Gasteiger partial charge < -0.3 is 5.21 Å². The van der Waals surface area contributed by atoms with Gasteiger partial charge in [0.15, 0.2) is 0 Å². The Kier molecular flexibility index (Phi) is 5.10. The zero-order valence-corrected chi connectivity index (χ0v) is 14.2. The maximum atomic E-state index is 12.3. The van der Waals surface area contributed by atoms with Gasteiger partial charge in [0.05, 0.1) is 9.82 Å². The molecule has 10 heteroatoms. The standard InChI is InChI=1S/C14H13N3O5S2/c1-16(18)11-3-7-13(8-4-11)23(2)15-24(21,22)14-9-5-12(6-10-14)17(19)20/h3-10H,1H2,2H3. The van der Waals surface area contributed by atoms with Crippen molar-refractivity contribution in [2.75, 3.05) is 6.26 Å². The van der Waals surface area contributed by atoms with Crippen LogP contribution in [0.25, 0.3) is 0 Å². The van der Waals surface area contributed by atoms with E-state index in [1.54, 1.807) is 18.4 Å². The minimum Gasteiger partial charge on any atom is -0.619 e. The molecule has 2 rings (SSSR count). The molecule has 126 valence electrons. The fourth-order valence-electron chi connectivity index (χ4n) is 1.78. The number of rotatable bonds is 5. The minimum absolute atomic E-state index is 0.118. The molecule has 0 N–H and O–H groups in total. The van der Waals surface area contributed by atoms with Gasteiger partial charge in [-0.1, -0.05) is 10.7 Å². The number of hydrogen-bond donors (Lipinski definition) is 0. The van der Waals surface area contributed by atoms with Gasteiger partial charge in [0.2, 0.25) is 5.69 Å². The third-order valence-corrected chi connectivity index (χ3v) is 6.52. The van der Waals surface area contributed by atoms with Crippen LogP contribution in [0.4, 0.5) is 11.4 Å². The Morgan fingerprint density at radius 1 is 1.00 bits per heavy atom. The van der Waals surface area contributed by atoms with Crippen molar-refractivity contribution < 1.29 is 18.1 Å². The van der Waals surface area contributed by atoms with Crippen LogP contribution >= 0.6 is 0 Å². The summed E-state index contributed by atoms with van der Waals surface area (Å²) in [6.45, 7) is 3.21. The second-order valence-corrected chi connectivity index (χ2v) is 8.10. The first-order valence-electron chi connectivity index (χ1n) is 6.47.